The average Bonchev–Trinajstić information content (AvgIpc) is 2.24. The lowest BCUT2D eigenvalue weighted by Gasteiger charge is -2.11. The number of hydrogen-bond donors (Lipinski definition) is 0. The van der Waals surface area contributed by atoms with Crippen molar-refractivity contribution in [2.45, 2.75) is 26.2 Å². The first-order valence-electron chi connectivity index (χ1n) is 5.25. The first-order valence-corrected chi connectivity index (χ1v) is 4.75. The van der Waals surface area contributed by atoms with Crippen molar-refractivity contribution in [3.05, 3.63) is 24.8 Å². The summed E-state index contributed by atoms with van der Waals surface area (Å²) in [6.45, 7) is 8.91. The molecule has 0 saturated heterocycles. The van der Waals surface area contributed by atoms with Crippen LogP contribution in [-0.4, -0.2) is 18.9 Å². The number of carbonyl (C=O) groups excluding carboxylic acids is 2. The highest BCUT2D eigenvalue weighted by molar-refractivity contribution is 5.99. The Morgan fingerprint density at radius 2 is 2.13 bits per heavy atom. The summed E-state index contributed by atoms with van der Waals surface area (Å²) >= 11 is 0. The third-order valence-electron chi connectivity index (χ3n) is 1.90. The minimum absolute atomic E-state index is 0.0330. The van der Waals surface area contributed by atoms with Gasteiger partial charge in [-0.05, 0) is 19.8 Å². The zero-order chi connectivity index (χ0) is 12.8. The molecule has 0 bridgehead atoms. The summed E-state index contributed by atoms with van der Waals surface area (Å²) in [5.41, 5.74) is 0.846. The van der Waals surface area contributed by atoms with Crippen molar-refractivity contribution in [2.75, 3.05) is 7.11 Å². The number of carbonyl (C=O) groups is 2. The molecule has 0 heterocycles. The van der Waals surface area contributed by atoms with Crippen molar-refractivity contribution in [1.82, 2.24) is 0 Å². The van der Waals surface area contributed by atoms with Gasteiger partial charge in [0, 0.05) is 6.42 Å². The maximum absolute atomic E-state index is 11.8. The number of rotatable bonds is 7. The summed E-state index contributed by atoms with van der Waals surface area (Å²) in [5, 5.41) is 0. The minimum Gasteiger partial charge on any atom is -0.468 e. The van der Waals surface area contributed by atoms with Crippen molar-refractivity contribution < 1.29 is 15.7 Å². The number of methoxy groups -OCH3 is 1. The molecule has 1 atom stereocenters. The summed E-state index contributed by atoms with van der Waals surface area (Å²) in [6.07, 6.45) is 1.95. The van der Waals surface area contributed by atoms with E-state index in [2.05, 4.69) is 17.9 Å². The van der Waals surface area contributed by atoms with Crippen LogP contribution in [0.5, 0.6) is 0 Å². The Hall–Kier alpha value is -1.38. The number of ether oxygens (including phenoxy) is 1. The smallest absolute Gasteiger partial charge is 0.316 e. The highest BCUT2D eigenvalue weighted by Crippen LogP contribution is 2.13. The van der Waals surface area contributed by atoms with Crippen LogP contribution in [0.3, 0.4) is 0 Å². The molecule has 0 saturated carbocycles. The van der Waals surface area contributed by atoms with Gasteiger partial charge < -0.3 is 4.74 Å². The molecule has 0 amide bonds. The minimum atomic E-state index is -1.86. The van der Waals surface area contributed by atoms with Gasteiger partial charge in [0.25, 0.3) is 0 Å². The monoisotopic (exact) mass is 211 g/mol. The van der Waals surface area contributed by atoms with Gasteiger partial charge in [-0.25, -0.2) is 0 Å². The molecule has 0 fully saturated rings. The van der Waals surface area contributed by atoms with Gasteiger partial charge in [-0.15, -0.1) is 13.2 Å². The van der Waals surface area contributed by atoms with E-state index in [4.69, 9.17) is 1.37 Å². The van der Waals surface area contributed by atoms with Gasteiger partial charge in [0.1, 0.15) is 11.7 Å². The molecule has 0 aliphatic rings. The molecule has 0 aromatic heterocycles. The molecule has 3 nitrogen and oxygen atoms in total. The fourth-order valence-electron chi connectivity index (χ4n) is 1.06. The summed E-state index contributed by atoms with van der Waals surface area (Å²) < 4.78 is 12.3. The third-order valence-corrected chi connectivity index (χ3v) is 1.90. The van der Waals surface area contributed by atoms with Gasteiger partial charge in [-0.1, -0.05) is 11.6 Å². The second-order valence-electron chi connectivity index (χ2n) is 3.34. The molecule has 84 valence electrons. The fraction of sp³-hybridized carbons (Fsp3) is 0.500. The highest BCUT2D eigenvalue weighted by atomic mass is 16.5. The Morgan fingerprint density at radius 3 is 2.53 bits per heavy atom. The van der Waals surface area contributed by atoms with Crippen LogP contribution in [-0.2, 0) is 14.3 Å². The summed E-state index contributed by atoms with van der Waals surface area (Å²) in [5.74, 6) is -3.15. The van der Waals surface area contributed by atoms with E-state index in [1.165, 1.54) is 13.2 Å². The zero-order valence-corrected chi connectivity index (χ0v) is 9.34. The molecule has 0 aromatic rings. The van der Waals surface area contributed by atoms with Crippen molar-refractivity contribution >= 4 is 11.8 Å². The molecule has 0 aliphatic heterocycles. The summed E-state index contributed by atoms with van der Waals surface area (Å²) in [4.78, 5) is 23.2. The van der Waals surface area contributed by atoms with E-state index in [-0.39, 0.29) is 12.8 Å². The fourth-order valence-corrected chi connectivity index (χ4v) is 1.06. The molecule has 0 N–H and O–H groups in total. The zero-order valence-electron chi connectivity index (χ0n) is 10.3. The third kappa shape index (κ3) is 5.15. The van der Waals surface area contributed by atoms with E-state index < -0.39 is 17.6 Å². The number of hydrogen-bond acceptors (Lipinski definition) is 3. The lowest BCUT2D eigenvalue weighted by molar-refractivity contribution is -0.149. The average molecular weight is 211 g/mol. The Kier molecular flexibility index (Phi) is 5.44. The Bertz CT molecular complexity index is 309. The lowest BCUT2D eigenvalue weighted by atomic mass is 9.96. The van der Waals surface area contributed by atoms with Crippen LogP contribution in [0.2, 0.25) is 0 Å². The standard InChI is InChI=1S/C12H18O3/c1-5-6-10(12(14)15-4)11(13)8-7-9(2)3/h5,10H,1-2,6-8H2,3-4H3/i10D. The number of ketones is 1. The Labute approximate surface area is 92.2 Å². The molecule has 1 unspecified atom stereocenters. The Morgan fingerprint density at radius 1 is 1.53 bits per heavy atom. The molecule has 3 heteroatoms. The molecule has 0 aliphatic carbocycles. The van der Waals surface area contributed by atoms with Crippen LogP contribution in [0.25, 0.3) is 0 Å². The van der Waals surface area contributed by atoms with E-state index in [1.54, 1.807) is 6.92 Å². The molecule has 15 heavy (non-hydrogen) atoms. The van der Waals surface area contributed by atoms with E-state index in [9.17, 15) is 9.59 Å². The maximum atomic E-state index is 11.8. The van der Waals surface area contributed by atoms with Crippen LogP contribution >= 0.6 is 0 Å². The predicted molar refractivity (Wildman–Crippen MR) is 59.4 cm³/mol. The van der Waals surface area contributed by atoms with Gasteiger partial charge in [-0.2, -0.15) is 0 Å². The van der Waals surface area contributed by atoms with Gasteiger partial charge >= 0.3 is 5.97 Å². The van der Waals surface area contributed by atoms with Crippen LogP contribution in [0.1, 0.15) is 27.6 Å². The van der Waals surface area contributed by atoms with E-state index in [1.807, 2.05) is 0 Å². The first-order chi connectivity index (χ1) is 7.38. The summed E-state index contributed by atoms with van der Waals surface area (Å²) in [7, 11) is 1.17. The quantitative estimate of drug-likeness (QED) is 0.368. The van der Waals surface area contributed by atoms with Crippen molar-refractivity contribution in [1.29, 1.82) is 0 Å². The van der Waals surface area contributed by atoms with Crippen LogP contribution in [0.4, 0.5) is 0 Å². The van der Waals surface area contributed by atoms with Gasteiger partial charge in [-0.3, -0.25) is 9.59 Å². The van der Waals surface area contributed by atoms with Gasteiger partial charge in [0.15, 0.2) is 0 Å². The molecule has 0 aromatic carbocycles. The summed E-state index contributed by atoms with van der Waals surface area (Å²) in [6, 6.07) is 0. The second-order valence-corrected chi connectivity index (χ2v) is 3.34. The SMILES string of the molecule is [2H]C(CC=C)(C(=O)CCC(=C)C)C(=O)OC. The van der Waals surface area contributed by atoms with Crippen molar-refractivity contribution in [3.8, 4) is 0 Å². The molecule has 0 spiro atoms. The molecular weight excluding hydrogens is 192 g/mol. The van der Waals surface area contributed by atoms with Crippen LogP contribution in [0, 0.1) is 5.89 Å². The second kappa shape index (κ2) is 6.98. The number of esters is 1. The lowest BCUT2D eigenvalue weighted by Crippen LogP contribution is -2.24. The Balaban J connectivity index is 4.76. The van der Waals surface area contributed by atoms with Crippen LogP contribution in [0.15, 0.2) is 24.8 Å². The van der Waals surface area contributed by atoms with Crippen LogP contribution < -0.4 is 0 Å². The number of Topliss-reactive ketones (excluding diaryl/α,β-unsaturated/α-hetero) is 1. The maximum Gasteiger partial charge on any atom is 0.316 e. The van der Waals surface area contributed by atoms with Gasteiger partial charge in [0.05, 0.1) is 8.48 Å². The van der Waals surface area contributed by atoms with E-state index in [0.717, 1.165) is 5.57 Å². The van der Waals surface area contributed by atoms with Gasteiger partial charge in [0.2, 0.25) is 0 Å². The van der Waals surface area contributed by atoms with Crippen molar-refractivity contribution in [3.63, 3.8) is 0 Å². The molecular formula is C12H18O3. The van der Waals surface area contributed by atoms with Crippen molar-refractivity contribution in [2.24, 2.45) is 5.89 Å². The first kappa shape index (κ1) is 11.7. The molecule has 0 radical (unpaired) electrons. The largest absolute Gasteiger partial charge is 0.468 e. The molecule has 0 rings (SSSR count). The normalized spacial score (nSPS) is 14.7. The topological polar surface area (TPSA) is 43.4 Å². The number of allylic oxidation sites excluding steroid dienone is 2. The van der Waals surface area contributed by atoms with E-state index in [0.29, 0.717) is 6.42 Å². The van der Waals surface area contributed by atoms with E-state index >= 15 is 0 Å². The highest BCUT2D eigenvalue weighted by Gasteiger charge is 2.25. The predicted octanol–water partition coefficient (Wildman–Crippen LogP) is 2.28.